The van der Waals surface area contributed by atoms with Crippen LogP contribution in [-0.4, -0.2) is 96.0 Å². The topological polar surface area (TPSA) is 55.8 Å². The Labute approximate surface area is 202 Å². The number of anilines is 1. The summed E-state index contributed by atoms with van der Waals surface area (Å²) in [5.41, 5.74) is 2.17. The van der Waals surface area contributed by atoms with Crippen molar-refractivity contribution in [1.29, 1.82) is 0 Å². The largest absolute Gasteiger partial charge is 0.354 e. The number of aromatic nitrogens is 2. The molecule has 4 rings (SSSR count). The molecule has 0 spiro atoms. The zero-order valence-corrected chi connectivity index (χ0v) is 20.7. The number of carbonyl (C=O) groups excluding carboxylic acids is 1. The number of benzene rings is 1. The molecule has 0 unspecified atom stereocenters. The van der Waals surface area contributed by atoms with Gasteiger partial charge in [0.2, 0.25) is 5.91 Å². The van der Waals surface area contributed by atoms with E-state index in [0.29, 0.717) is 12.1 Å². The molecule has 7 nitrogen and oxygen atoms in total. The minimum Gasteiger partial charge on any atom is -0.354 e. The highest BCUT2D eigenvalue weighted by molar-refractivity contribution is 5.78. The molecule has 1 aromatic heterocycles. The van der Waals surface area contributed by atoms with Gasteiger partial charge in [0, 0.05) is 57.4 Å². The van der Waals surface area contributed by atoms with Crippen molar-refractivity contribution in [2.75, 3.05) is 64.3 Å². The fourth-order valence-electron chi connectivity index (χ4n) is 4.66. The smallest absolute Gasteiger partial charge is 0.236 e. The van der Waals surface area contributed by atoms with E-state index >= 15 is 0 Å². The van der Waals surface area contributed by atoms with Gasteiger partial charge < -0.3 is 9.80 Å². The molecule has 184 valence electrons. The lowest BCUT2D eigenvalue weighted by Gasteiger charge is -2.43. The lowest BCUT2D eigenvalue weighted by Crippen LogP contribution is -2.55. The number of nitrogens with zero attached hydrogens (tertiary/aromatic N) is 6. The summed E-state index contributed by atoms with van der Waals surface area (Å²) in [4.78, 5) is 30.7. The van der Waals surface area contributed by atoms with Crippen molar-refractivity contribution in [2.24, 2.45) is 0 Å². The van der Waals surface area contributed by atoms with Gasteiger partial charge in [-0.05, 0) is 57.5 Å². The molecule has 1 saturated heterocycles. The number of carbonyl (C=O) groups is 1. The third kappa shape index (κ3) is 5.91. The molecular weight excluding hydrogens is 431 g/mol. The number of hydrogen-bond donors (Lipinski definition) is 0. The van der Waals surface area contributed by atoms with Crippen molar-refractivity contribution in [3.63, 3.8) is 0 Å². The van der Waals surface area contributed by atoms with Gasteiger partial charge >= 0.3 is 0 Å². The molecule has 2 aromatic rings. The molecule has 0 bridgehead atoms. The van der Waals surface area contributed by atoms with E-state index in [-0.39, 0.29) is 11.7 Å². The molecule has 1 amide bonds. The van der Waals surface area contributed by atoms with Gasteiger partial charge in [0.15, 0.2) is 0 Å². The summed E-state index contributed by atoms with van der Waals surface area (Å²) in [6, 6.07) is 5.74. The minimum absolute atomic E-state index is 0.219. The van der Waals surface area contributed by atoms with Crippen molar-refractivity contribution >= 4 is 11.7 Å². The van der Waals surface area contributed by atoms with Crippen molar-refractivity contribution in [3.8, 4) is 11.3 Å². The van der Waals surface area contributed by atoms with Crippen LogP contribution in [0.4, 0.5) is 10.2 Å². The molecule has 0 radical (unpaired) electrons. The maximum atomic E-state index is 13.6. The van der Waals surface area contributed by atoms with E-state index in [0.717, 1.165) is 68.9 Å². The third-order valence-corrected chi connectivity index (χ3v) is 7.21. The SMILES string of the molecule is CCN(CCN(C)CC(=O)N1CCN(C2CCC2)CC1)c1cnc(-c2ccc(F)c(C)c2)cn1. The van der Waals surface area contributed by atoms with E-state index in [4.69, 9.17) is 0 Å². The Morgan fingerprint density at radius 2 is 1.88 bits per heavy atom. The molecule has 2 aliphatic rings. The fourth-order valence-corrected chi connectivity index (χ4v) is 4.66. The molecule has 2 heterocycles. The Balaban J connectivity index is 1.24. The van der Waals surface area contributed by atoms with Crippen LogP contribution in [0, 0.1) is 12.7 Å². The molecule has 1 aliphatic heterocycles. The molecule has 1 aromatic carbocycles. The van der Waals surface area contributed by atoms with Gasteiger partial charge in [-0.2, -0.15) is 0 Å². The maximum absolute atomic E-state index is 13.6. The zero-order chi connectivity index (χ0) is 24.1. The minimum atomic E-state index is -0.219. The van der Waals surface area contributed by atoms with Gasteiger partial charge in [-0.1, -0.05) is 6.42 Å². The standard InChI is InChI=1S/C26H37FN6O/c1-4-31(25-18-28-24(17-29-25)21-8-9-23(27)20(2)16-21)11-10-30(3)19-26(34)33-14-12-32(13-15-33)22-6-5-7-22/h8-9,16-18,22H,4-7,10-15,19H2,1-3H3. The van der Waals surface area contributed by atoms with E-state index in [9.17, 15) is 9.18 Å². The van der Waals surface area contributed by atoms with E-state index in [1.54, 1.807) is 31.5 Å². The summed E-state index contributed by atoms with van der Waals surface area (Å²) >= 11 is 0. The Kier molecular flexibility index (Phi) is 8.11. The second-order valence-electron chi connectivity index (χ2n) is 9.54. The Morgan fingerprint density at radius 3 is 2.47 bits per heavy atom. The van der Waals surface area contributed by atoms with E-state index in [1.807, 2.05) is 11.9 Å². The van der Waals surface area contributed by atoms with Crippen molar-refractivity contribution < 1.29 is 9.18 Å². The first-order valence-corrected chi connectivity index (χ1v) is 12.5. The predicted octanol–water partition coefficient (Wildman–Crippen LogP) is 3.05. The normalized spacial score (nSPS) is 17.1. The Hall–Kier alpha value is -2.58. The Bertz CT molecular complexity index is 956. The second kappa shape index (κ2) is 11.2. The monoisotopic (exact) mass is 468 g/mol. The molecular formula is C26H37FN6O. The second-order valence-corrected chi connectivity index (χ2v) is 9.54. The number of halogens is 1. The lowest BCUT2D eigenvalue weighted by molar-refractivity contribution is -0.134. The first-order chi connectivity index (χ1) is 16.4. The number of amides is 1. The predicted molar refractivity (Wildman–Crippen MR) is 133 cm³/mol. The number of aryl methyl sites for hydroxylation is 1. The van der Waals surface area contributed by atoms with Crippen LogP contribution >= 0.6 is 0 Å². The summed E-state index contributed by atoms with van der Waals surface area (Å²) in [6.07, 6.45) is 7.51. The first-order valence-electron chi connectivity index (χ1n) is 12.5. The molecule has 34 heavy (non-hydrogen) atoms. The first kappa shape index (κ1) is 24.5. The third-order valence-electron chi connectivity index (χ3n) is 7.21. The van der Waals surface area contributed by atoms with Crippen LogP contribution in [0.15, 0.2) is 30.6 Å². The molecule has 8 heteroatoms. The van der Waals surface area contributed by atoms with Crippen LogP contribution in [0.1, 0.15) is 31.7 Å². The lowest BCUT2D eigenvalue weighted by atomic mass is 9.91. The van der Waals surface area contributed by atoms with Gasteiger partial charge in [-0.15, -0.1) is 0 Å². The molecule has 1 aliphatic carbocycles. The van der Waals surface area contributed by atoms with Crippen LogP contribution in [0.25, 0.3) is 11.3 Å². The van der Waals surface area contributed by atoms with Gasteiger partial charge in [0.1, 0.15) is 11.6 Å². The summed E-state index contributed by atoms with van der Waals surface area (Å²) in [6.45, 7) is 10.3. The molecule has 2 fully saturated rings. The highest BCUT2D eigenvalue weighted by Gasteiger charge is 2.29. The van der Waals surface area contributed by atoms with Crippen molar-refractivity contribution in [1.82, 2.24) is 24.7 Å². The van der Waals surface area contributed by atoms with Crippen molar-refractivity contribution in [2.45, 2.75) is 39.2 Å². The van der Waals surface area contributed by atoms with Crippen LogP contribution in [0.5, 0.6) is 0 Å². The zero-order valence-electron chi connectivity index (χ0n) is 20.7. The summed E-state index contributed by atoms with van der Waals surface area (Å²) < 4.78 is 13.6. The van der Waals surface area contributed by atoms with Crippen LogP contribution in [0.3, 0.4) is 0 Å². The molecule has 0 N–H and O–H groups in total. The van der Waals surface area contributed by atoms with Crippen molar-refractivity contribution in [3.05, 3.63) is 42.0 Å². The van der Waals surface area contributed by atoms with Crippen LogP contribution in [-0.2, 0) is 4.79 Å². The quantitative estimate of drug-likeness (QED) is 0.564. The summed E-state index contributed by atoms with van der Waals surface area (Å²) in [5, 5.41) is 0. The molecule has 1 saturated carbocycles. The fraction of sp³-hybridized carbons (Fsp3) is 0.577. The van der Waals surface area contributed by atoms with Crippen LogP contribution < -0.4 is 4.90 Å². The Morgan fingerprint density at radius 1 is 1.12 bits per heavy atom. The van der Waals surface area contributed by atoms with Gasteiger partial charge in [0.05, 0.1) is 24.6 Å². The highest BCUT2D eigenvalue weighted by Crippen LogP contribution is 2.25. The molecule has 0 atom stereocenters. The number of hydrogen-bond acceptors (Lipinski definition) is 6. The maximum Gasteiger partial charge on any atom is 0.236 e. The van der Waals surface area contributed by atoms with Crippen LogP contribution in [0.2, 0.25) is 0 Å². The van der Waals surface area contributed by atoms with E-state index in [2.05, 4.69) is 31.6 Å². The van der Waals surface area contributed by atoms with Gasteiger partial charge in [0.25, 0.3) is 0 Å². The van der Waals surface area contributed by atoms with Gasteiger partial charge in [-0.3, -0.25) is 19.6 Å². The number of piperazine rings is 1. The summed E-state index contributed by atoms with van der Waals surface area (Å²) in [7, 11) is 2.00. The average Bonchev–Trinajstić information content (AvgIpc) is 2.81. The summed E-state index contributed by atoms with van der Waals surface area (Å²) in [5.74, 6) is 0.804. The average molecular weight is 469 g/mol. The van der Waals surface area contributed by atoms with E-state index in [1.165, 1.54) is 25.3 Å². The van der Waals surface area contributed by atoms with E-state index < -0.39 is 0 Å². The van der Waals surface area contributed by atoms with Gasteiger partial charge in [-0.25, -0.2) is 9.37 Å². The number of rotatable bonds is 9. The highest BCUT2D eigenvalue weighted by atomic mass is 19.1. The number of likely N-dealkylation sites (N-methyl/N-ethyl adjacent to an activating group) is 2.